The third-order valence-electron chi connectivity index (χ3n) is 3.23. The maximum atomic E-state index is 4.68. The fourth-order valence-corrected chi connectivity index (χ4v) is 2.33. The Hall–Kier alpha value is -0.790. The van der Waals surface area contributed by atoms with Crippen molar-refractivity contribution in [2.75, 3.05) is 0 Å². The molecule has 14 heavy (non-hydrogen) atoms. The Morgan fingerprint density at radius 3 is 2.86 bits per heavy atom. The third-order valence-corrected chi connectivity index (χ3v) is 3.23. The molecule has 1 aromatic heterocycles. The summed E-state index contributed by atoms with van der Waals surface area (Å²) in [6.45, 7) is 5.59. The average Bonchev–Trinajstić information content (AvgIpc) is 2.72. The van der Waals surface area contributed by atoms with Gasteiger partial charge in [0.05, 0.1) is 5.69 Å². The number of rotatable bonds is 4. The molecule has 0 unspecified atom stereocenters. The summed E-state index contributed by atoms with van der Waals surface area (Å²) in [5, 5.41) is 4.68. The van der Waals surface area contributed by atoms with Crippen LogP contribution in [0.3, 0.4) is 0 Å². The summed E-state index contributed by atoms with van der Waals surface area (Å²) in [7, 11) is 0. The number of nitrogens with zero attached hydrogens (tertiary/aromatic N) is 2. The molecule has 0 amide bonds. The van der Waals surface area contributed by atoms with Gasteiger partial charge < -0.3 is 0 Å². The lowest BCUT2D eigenvalue weighted by atomic mass is 10.2. The lowest BCUT2D eigenvalue weighted by Crippen LogP contribution is -2.03. The summed E-state index contributed by atoms with van der Waals surface area (Å²) in [5.74, 6) is 0. The van der Waals surface area contributed by atoms with E-state index >= 15 is 0 Å². The van der Waals surface area contributed by atoms with Gasteiger partial charge in [-0.3, -0.25) is 4.68 Å². The highest BCUT2D eigenvalue weighted by atomic mass is 15.3. The molecular weight excluding hydrogens is 172 g/mol. The van der Waals surface area contributed by atoms with E-state index in [-0.39, 0.29) is 0 Å². The van der Waals surface area contributed by atoms with Gasteiger partial charge in [0.2, 0.25) is 0 Å². The first kappa shape index (κ1) is 9.75. The van der Waals surface area contributed by atoms with E-state index in [4.69, 9.17) is 0 Å². The lowest BCUT2D eigenvalue weighted by molar-refractivity contribution is 0.534. The van der Waals surface area contributed by atoms with Crippen LogP contribution < -0.4 is 0 Å². The molecule has 78 valence electrons. The molecule has 0 fully saturated rings. The minimum atomic E-state index is 1.12. The summed E-state index contributed by atoms with van der Waals surface area (Å²) in [4.78, 5) is 0. The average molecular weight is 192 g/mol. The van der Waals surface area contributed by atoms with E-state index in [9.17, 15) is 0 Å². The third kappa shape index (κ3) is 1.70. The molecule has 1 heterocycles. The van der Waals surface area contributed by atoms with Crippen LogP contribution in [0.15, 0.2) is 0 Å². The van der Waals surface area contributed by atoms with E-state index in [1.54, 1.807) is 5.56 Å². The van der Waals surface area contributed by atoms with Crippen LogP contribution in [-0.2, 0) is 19.4 Å². The van der Waals surface area contributed by atoms with Gasteiger partial charge in [0.1, 0.15) is 0 Å². The first-order chi connectivity index (χ1) is 6.83. The predicted molar refractivity (Wildman–Crippen MR) is 58.5 cm³/mol. The highest BCUT2D eigenvalue weighted by molar-refractivity contribution is 5.29. The van der Waals surface area contributed by atoms with Gasteiger partial charge in [-0.2, -0.15) is 5.10 Å². The maximum absolute atomic E-state index is 4.68. The molecule has 2 rings (SSSR count). The smallest absolute Gasteiger partial charge is 0.0659 e. The second kappa shape index (κ2) is 4.16. The zero-order chi connectivity index (χ0) is 9.97. The summed E-state index contributed by atoms with van der Waals surface area (Å²) >= 11 is 0. The highest BCUT2D eigenvalue weighted by Crippen LogP contribution is 2.24. The molecule has 0 saturated carbocycles. The Kier molecular flexibility index (Phi) is 2.90. The summed E-state index contributed by atoms with van der Waals surface area (Å²) in [6.07, 6.45) is 7.67. The monoisotopic (exact) mass is 192 g/mol. The fraction of sp³-hybridized carbons (Fsp3) is 0.750. The van der Waals surface area contributed by atoms with Gasteiger partial charge in [0.15, 0.2) is 0 Å². The second-order valence-corrected chi connectivity index (χ2v) is 4.29. The molecule has 0 N–H and O–H groups in total. The Balaban J connectivity index is 2.04. The van der Waals surface area contributed by atoms with Crippen LogP contribution in [-0.4, -0.2) is 9.78 Å². The summed E-state index contributed by atoms with van der Waals surface area (Å²) < 4.78 is 2.22. The molecule has 1 aliphatic rings. The topological polar surface area (TPSA) is 17.8 Å². The minimum absolute atomic E-state index is 1.12. The standard InChI is InChI=1S/C12H20N2/c1-3-4-5-9-14-10(2)11-7-6-8-12(11)13-14/h3-9H2,1-2H3. The molecule has 0 bridgehead atoms. The minimum Gasteiger partial charge on any atom is -0.269 e. The first-order valence-electron chi connectivity index (χ1n) is 5.88. The van der Waals surface area contributed by atoms with Gasteiger partial charge in [-0.05, 0) is 38.2 Å². The first-order valence-corrected chi connectivity index (χ1v) is 5.88. The molecule has 0 saturated heterocycles. The van der Waals surface area contributed by atoms with Crippen molar-refractivity contribution in [1.82, 2.24) is 9.78 Å². The number of unbranched alkanes of at least 4 members (excludes halogenated alkanes) is 2. The van der Waals surface area contributed by atoms with E-state index in [1.807, 2.05) is 0 Å². The van der Waals surface area contributed by atoms with Crippen LogP contribution in [0.4, 0.5) is 0 Å². The Labute approximate surface area is 86.3 Å². The Bertz CT molecular complexity index is 312. The highest BCUT2D eigenvalue weighted by Gasteiger charge is 2.18. The van der Waals surface area contributed by atoms with Crippen molar-refractivity contribution in [3.05, 3.63) is 17.0 Å². The summed E-state index contributed by atoms with van der Waals surface area (Å²) in [5.41, 5.74) is 4.34. The number of fused-ring (bicyclic) bond motifs is 1. The van der Waals surface area contributed by atoms with Gasteiger partial charge in [-0.25, -0.2) is 0 Å². The molecule has 0 radical (unpaired) electrons. The SMILES string of the molecule is CCCCCn1nc2c(c1C)CCC2. The van der Waals surface area contributed by atoms with Gasteiger partial charge in [0.25, 0.3) is 0 Å². The van der Waals surface area contributed by atoms with Crippen LogP contribution in [0, 0.1) is 6.92 Å². The van der Waals surface area contributed by atoms with Crippen molar-refractivity contribution < 1.29 is 0 Å². The molecule has 1 aromatic rings. The van der Waals surface area contributed by atoms with Gasteiger partial charge in [0, 0.05) is 12.2 Å². The Morgan fingerprint density at radius 2 is 2.14 bits per heavy atom. The van der Waals surface area contributed by atoms with E-state index in [0.29, 0.717) is 0 Å². The van der Waals surface area contributed by atoms with E-state index in [0.717, 1.165) is 6.54 Å². The second-order valence-electron chi connectivity index (χ2n) is 4.29. The number of aromatic nitrogens is 2. The van der Waals surface area contributed by atoms with Crippen molar-refractivity contribution in [3.63, 3.8) is 0 Å². The van der Waals surface area contributed by atoms with Crippen LogP contribution in [0.2, 0.25) is 0 Å². The maximum Gasteiger partial charge on any atom is 0.0659 e. The van der Waals surface area contributed by atoms with Gasteiger partial charge in [-0.1, -0.05) is 19.8 Å². The normalized spacial score (nSPS) is 14.7. The van der Waals surface area contributed by atoms with Crippen molar-refractivity contribution in [3.8, 4) is 0 Å². The zero-order valence-electron chi connectivity index (χ0n) is 9.34. The number of hydrogen-bond donors (Lipinski definition) is 0. The van der Waals surface area contributed by atoms with E-state index in [2.05, 4.69) is 23.6 Å². The predicted octanol–water partition coefficient (Wildman–Crippen LogP) is 2.87. The lowest BCUT2D eigenvalue weighted by Gasteiger charge is -2.04. The summed E-state index contributed by atoms with van der Waals surface area (Å²) in [6, 6.07) is 0. The molecular formula is C12H20N2. The van der Waals surface area contributed by atoms with Crippen LogP contribution >= 0.6 is 0 Å². The molecule has 0 aromatic carbocycles. The molecule has 1 aliphatic carbocycles. The van der Waals surface area contributed by atoms with Gasteiger partial charge >= 0.3 is 0 Å². The quantitative estimate of drug-likeness (QED) is 0.671. The van der Waals surface area contributed by atoms with Crippen molar-refractivity contribution >= 4 is 0 Å². The van der Waals surface area contributed by atoms with Crippen LogP contribution in [0.5, 0.6) is 0 Å². The zero-order valence-corrected chi connectivity index (χ0v) is 9.34. The van der Waals surface area contributed by atoms with Crippen molar-refractivity contribution in [2.45, 2.75) is 58.9 Å². The number of hydrogen-bond acceptors (Lipinski definition) is 1. The van der Waals surface area contributed by atoms with E-state index < -0.39 is 0 Å². The van der Waals surface area contributed by atoms with Crippen molar-refractivity contribution in [1.29, 1.82) is 0 Å². The molecule has 2 heteroatoms. The van der Waals surface area contributed by atoms with Crippen LogP contribution in [0.1, 0.15) is 49.6 Å². The molecule has 0 aliphatic heterocycles. The molecule has 2 nitrogen and oxygen atoms in total. The largest absolute Gasteiger partial charge is 0.269 e. The molecule has 0 spiro atoms. The fourth-order valence-electron chi connectivity index (χ4n) is 2.33. The van der Waals surface area contributed by atoms with Gasteiger partial charge in [-0.15, -0.1) is 0 Å². The van der Waals surface area contributed by atoms with Crippen molar-refractivity contribution in [2.24, 2.45) is 0 Å². The van der Waals surface area contributed by atoms with Crippen LogP contribution in [0.25, 0.3) is 0 Å². The van der Waals surface area contributed by atoms with E-state index in [1.165, 1.54) is 49.9 Å². The number of aryl methyl sites for hydroxylation is 2. The Morgan fingerprint density at radius 1 is 1.29 bits per heavy atom. The molecule has 0 atom stereocenters.